The highest BCUT2D eigenvalue weighted by Gasteiger charge is 2.56. The third kappa shape index (κ3) is 4.89. The lowest BCUT2D eigenvalue weighted by atomic mass is 9.83. The van der Waals surface area contributed by atoms with Crippen molar-refractivity contribution in [3.63, 3.8) is 0 Å². The zero-order valence-electron chi connectivity index (χ0n) is 19.8. The topological polar surface area (TPSA) is 155 Å². The molecule has 11 nitrogen and oxygen atoms in total. The van der Waals surface area contributed by atoms with Crippen molar-refractivity contribution in [1.82, 2.24) is 9.88 Å². The van der Waals surface area contributed by atoms with Crippen molar-refractivity contribution in [1.29, 1.82) is 0 Å². The van der Waals surface area contributed by atoms with Crippen LogP contribution in [0.2, 0.25) is 0 Å². The number of rotatable bonds is 8. The summed E-state index contributed by atoms with van der Waals surface area (Å²) in [6, 6.07) is 13.5. The number of thioether (sulfide) groups is 1. The number of hydrogen-bond acceptors (Lipinski definition) is 9. The lowest BCUT2D eigenvalue weighted by molar-refractivity contribution is -0.149. The van der Waals surface area contributed by atoms with Gasteiger partial charge in [0.15, 0.2) is 6.61 Å². The number of amides is 3. The fraction of sp³-hybridized carbons (Fsp3) is 0.240. The molecule has 1 saturated heterocycles. The molecule has 2 aliphatic heterocycles. The van der Waals surface area contributed by atoms with E-state index < -0.39 is 41.4 Å². The maximum atomic E-state index is 13.2. The van der Waals surface area contributed by atoms with Gasteiger partial charge in [0.25, 0.3) is 5.91 Å². The van der Waals surface area contributed by atoms with Gasteiger partial charge in [-0.2, -0.15) is 0 Å². The first-order valence-corrected chi connectivity index (χ1v) is 13.1. The van der Waals surface area contributed by atoms with E-state index in [1.165, 1.54) is 0 Å². The Kier molecular flexibility index (Phi) is 6.95. The number of aromatic nitrogens is 1. The molecule has 2 aromatic carbocycles. The smallest absolute Gasteiger partial charge is 0.323 e. The second-order valence-corrected chi connectivity index (χ2v) is 10.7. The van der Waals surface area contributed by atoms with E-state index in [4.69, 9.17) is 9.47 Å². The number of fused-ring (bicyclic) bond motifs is 2. The Morgan fingerprint density at radius 2 is 1.71 bits per heavy atom. The van der Waals surface area contributed by atoms with Crippen LogP contribution in [0.1, 0.15) is 16.4 Å². The number of carbonyl (C=O) groups excluding carboxylic acids is 3. The van der Waals surface area contributed by atoms with Crippen LogP contribution in [-0.2, 0) is 19.2 Å². The van der Waals surface area contributed by atoms with Gasteiger partial charge < -0.3 is 24.9 Å². The van der Waals surface area contributed by atoms with E-state index >= 15 is 0 Å². The number of carbonyl (C=O) groups is 4. The molecule has 0 aliphatic carbocycles. The second kappa shape index (κ2) is 10.3. The lowest BCUT2D eigenvalue weighted by Gasteiger charge is -2.29. The summed E-state index contributed by atoms with van der Waals surface area (Å²) >= 11 is 2.04. The first-order chi connectivity index (χ1) is 18.2. The van der Waals surface area contributed by atoms with Crippen molar-refractivity contribution in [3.05, 3.63) is 68.6 Å². The van der Waals surface area contributed by atoms with Crippen LogP contribution in [0.3, 0.4) is 0 Å². The minimum Gasteiger partial charge on any atom is -0.497 e. The highest BCUT2D eigenvalue weighted by molar-refractivity contribution is 8.00. The largest absolute Gasteiger partial charge is 0.497 e. The van der Waals surface area contributed by atoms with Crippen molar-refractivity contribution < 1.29 is 33.8 Å². The number of anilines is 1. The molecule has 3 amide bonds. The third-order valence-electron chi connectivity index (χ3n) is 6.19. The minimum atomic E-state index is -1.28. The van der Waals surface area contributed by atoms with Crippen LogP contribution in [-0.4, -0.2) is 64.2 Å². The van der Waals surface area contributed by atoms with Crippen molar-refractivity contribution >= 4 is 52.5 Å². The maximum Gasteiger partial charge on any atom is 0.323 e. The molecule has 1 aromatic heterocycles. The molecule has 3 aromatic rings. The van der Waals surface area contributed by atoms with E-state index in [-0.39, 0.29) is 17.4 Å². The number of H-pyrrole nitrogens is 1. The summed E-state index contributed by atoms with van der Waals surface area (Å²) < 4.78 is 10.7. The quantitative estimate of drug-likeness (QED) is 0.355. The Labute approximate surface area is 223 Å². The molecule has 3 atom stereocenters. The van der Waals surface area contributed by atoms with E-state index in [2.05, 4.69) is 10.3 Å². The number of ether oxygens (including phenoxy) is 2. The normalized spacial score (nSPS) is 20.0. The summed E-state index contributed by atoms with van der Waals surface area (Å²) in [5.74, 6) is -3.21. The van der Waals surface area contributed by atoms with E-state index in [0.717, 1.165) is 28.0 Å². The molecular formula is C25H21N3O8S2. The number of hydrogen-bond donors (Lipinski definition) is 3. The average molecular weight is 556 g/mol. The highest BCUT2D eigenvalue weighted by atomic mass is 32.2. The molecule has 3 heterocycles. The maximum absolute atomic E-state index is 13.2. The van der Waals surface area contributed by atoms with Gasteiger partial charge in [-0.15, -0.1) is 0 Å². The summed E-state index contributed by atoms with van der Waals surface area (Å²) in [5.41, 5.74) is 1.25. The molecular weight excluding hydrogens is 534 g/mol. The zero-order valence-corrected chi connectivity index (χ0v) is 21.5. The Hall–Kier alpha value is -4.10. The Balaban J connectivity index is 1.33. The number of nitrogens with zero attached hydrogens (tertiary/aromatic N) is 1. The van der Waals surface area contributed by atoms with Crippen molar-refractivity contribution in [2.45, 2.75) is 16.2 Å². The fourth-order valence-electron chi connectivity index (χ4n) is 4.52. The predicted octanol–water partition coefficient (Wildman–Crippen LogP) is 2.14. The number of aromatic amines is 1. The Morgan fingerprint density at radius 1 is 1.03 bits per heavy atom. The molecule has 0 radical (unpaired) electrons. The van der Waals surface area contributed by atoms with Gasteiger partial charge >= 0.3 is 10.8 Å². The Morgan fingerprint density at radius 3 is 2.37 bits per heavy atom. The number of imide groups is 1. The molecule has 13 heteroatoms. The van der Waals surface area contributed by atoms with Gasteiger partial charge in [0.1, 0.15) is 23.3 Å². The van der Waals surface area contributed by atoms with Crippen LogP contribution >= 0.6 is 23.1 Å². The third-order valence-corrected chi connectivity index (χ3v) is 8.59. The predicted molar refractivity (Wildman–Crippen MR) is 138 cm³/mol. The molecule has 0 bridgehead atoms. The fourth-order valence-corrected chi connectivity index (χ4v) is 7.05. The van der Waals surface area contributed by atoms with Gasteiger partial charge in [-0.3, -0.25) is 28.9 Å². The average Bonchev–Trinajstić information content (AvgIpc) is 3.38. The van der Waals surface area contributed by atoms with Crippen LogP contribution in [0.15, 0.2) is 58.4 Å². The number of likely N-dealkylation sites (tertiary alicyclic amines) is 1. The molecule has 3 N–H and O–H groups in total. The van der Waals surface area contributed by atoms with Gasteiger partial charge in [0.05, 0.1) is 18.1 Å². The van der Waals surface area contributed by atoms with Crippen molar-refractivity contribution in [2.75, 3.05) is 25.6 Å². The van der Waals surface area contributed by atoms with Crippen molar-refractivity contribution in [2.24, 2.45) is 5.92 Å². The molecule has 0 saturated carbocycles. The summed E-state index contributed by atoms with van der Waals surface area (Å²) in [6.07, 6.45) is 0. The molecule has 2 aliphatic rings. The van der Waals surface area contributed by atoms with Crippen LogP contribution in [0.5, 0.6) is 11.5 Å². The van der Waals surface area contributed by atoms with Crippen LogP contribution in [0, 0.1) is 5.92 Å². The number of thiazole rings is 1. The number of carboxylic acid groups (broad SMARTS) is 1. The monoisotopic (exact) mass is 555 g/mol. The number of nitrogens with one attached hydrogen (secondary N) is 2. The van der Waals surface area contributed by atoms with Gasteiger partial charge in [-0.05, 0) is 42.0 Å². The standard InChI is InChI=1S/C25H21N3O8S2/c1-35-14-8-4-13(5-9-14)26-16(29)11-36-15-6-2-12(3-7-15)18-19-21(37-22-20(18)38-25(34)27-22)24(33)28(23(19)32)10-17(30)31/h2-9,18-19,21H,10-11H2,1H3,(H,26,29)(H,27,34)(H,30,31)/t18-,19+,21-/m0/s1. The van der Waals surface area contributed by atoms with Crippen LogP contribution in [0.4, 0.5) is 5.69 Å². The minimum absolute atomic E-state index is 0.239. The van der Waals surface area contributed by atoms with Gasteiger partial charge in [-0.25, -0.2) is 0 Å². The Bertz CT molecular complexity index is 1460. The van der Waals surface area contributed by atoms with Crippen LogP contribution in [0.25, 0.3) is 0 Å². The van der Waals surface area contributed by atoms with E-state index in [1.54, 1.807) is 55.6 Å². The summed E-state index contributed by atoms with van der Waals surface area (Å²) in [7, 11) is 1.55. The zero-order chi connectivity index (χ0) is 27.0. The second-order valence-electron chi connectivity index (χ2n) is 8.54. The molecule has 5 rings (SSSR count). The summed E-state index contributed by atoms with van der Waals surface area (Å²) in [5, 5.41) is 11.6. The first-order valence-electron chi connectivity index (χ1n) is 11.4. The molecule has 196 valence electrons. The van der Waals surface area contributed by atoms with Gasteiger partial charge in [-0.1, -0.05) is 35.2 Å². The highest BCUT2D eigenvalue weighted by Crippen LogP contribution is 2.52. The molecule has 1 fully saturated rings. The molecule has 38 heavy (non-hydrogen) atoms. The summed E-state index contributed by atoms with van der Waals surface area (Å²) in [6.45, 7) is -0.954. The van der Waals surface area contributed by atoms with Gasteiger partial charge in [0, 0.05) is 16.5 Å². The van der Waals surface area contributed by atoms with E-state index in [1.807, 2.05) is 0 Å². The number of carboxylic acids is 1. The molecule has 0 spiro atoms. The summed E-state index contributed by atoms with van der Waals surface area (Å²) in [4.78, 5) is 65.5. The number of benzene rings is 2. The molecule has 0 unspecified atom stereocenters. The SMILES string of the molecule is COc1ccc(NC(=O)COc2ccc([C@@H]3c4sc(=O)[nH]c4S[C@@H]4C(=O)N(CC(=O)O)C(=O)[C@H]34)cc2)cc1. The number of aliphatic carboxylic acids is 1. The van der Waals surface area contributed by atoms with Crippen LogP contribution < -0.4 is 19.7 Å². The lowest BCUT2D eigenvalue weighted by Crippen LogP contribution is -2.36. The first kappa shape index (κ1) is 25.5. The van der Waals surface area contributed by atoms with E-state index in [9.17, 15) is 29.1 Å². The van der Waals surface area contributed by atoms with E-state index in [0.29, 0.717) is 32.7 Å². The number of methoxy groups -OCH3 is 1. The van der Waals surface area contributed by atoms with Crippen molar-refractivity contribution in [3.8, 4) is 11.5 Å². The van der Waals surface area contributed by atoms with Gasteiger partial charge in [0.2, 0.25) is 11.8 Å².